The number of aromatic nitrogens is 3. The van der Waals surface area contributed by atoms with Crippen LogP contribution in [0.2, 0.25) is 0 Å². The van der Waals surface area contributed by atoms with Crippen molar-refractivity contribution in [2.45, 2.75) is 37.2 Å². The molecule has 0 aliphatic carbocycles. The molecule has 2 heterocycles. The fraction of sp³-hybridized carbons (Fsp3) is 0.429. The van der Waals surface area contributed by atoms with E-state index in [1.54, 1.807) is 11.8 Å². The molecule has 106 valence electrons. The zero-order chi connectivity index (χ0) is 13.9. The van der Waals surface area contributed by atoms with E-state index in [0.29, 0.717) is 12.0 Å². The maximum atomic E-state index is 5.46. The number of nitrogens with zero attached hydrogens (tertiary/aromatic N) is 3. The molecular formula is C14H18N4OS. The zero-order valence-corrected chi connectivity index (χ0v) is 12.5. The Morgan fingerprint density at radius 1 is 1.25 bits per heavy atom. The van der Waals surface area contributed by atoms with Crippen LogP contribution < -0.4 is 10.2 Å². The van der Waals surface area contributed by atoms with Crippen LogP contribution in [0.3, 0.4) is 0 Å². The first kappa shape index (κ1) is 13.3. The number of benzene rings is 1. The third kappa shape index (κ3) is 2.47. The van der Waals surface area contributed by atoms with Gasteiger partial charge in [-0.15, -0.1) is 10.2 Å². The maximum Gasteiger partial charge on any atom is 0.212 e. The van der Waals surface area contributed by atoms with Crippen molar-refractivity contribution in [1.82, 2.24) is 14.9 Å². The minimum Gasteiger partial charge on any atom is -0.494 e. The van der Waals surface area contributed by atoms with Crippen molar-refractivity contribution in [3.63, 3.8) is 0 Å². The second-order valence-electron chi connectivity index (χ2n) is 4.62. The second kappa shape index (κ2) is 5.75. The van der Waals surface area contributed by atoms with Gasteiger partial charge in [0, 0.05) is 5.56 Å². The summed E-state index contributed by atoms with van der Waals surface area (Å²) in [6, 6.07) is 7.96. The van der Waals surface area contributed by atoms with Gasteiger partial charge in [-0.2, -0.15) is 0 Å². The number of nitrogens with one attached hydrogen (secondary N) is 1. The Bertz CT molecular complexity index is 581. The van der Waals surface area contributed by atoms with E-state index < -0.39 is 0 Å². The maximum absolute atomic E-state index is 5.46. The van der Waals surface area contributed by atoms with Gasteiger partial charge in [-0.05, 0) is 37.6 Å². The molecule has 0 radical (unpaired) electrons. The van der Waals surface area contributed by atoms with Crippen molar-refractivity contribution < 1.29 is 4.74 Å². The Hall–Kier alpha value is -1.69. The molecule has 20 heavy (non-hydrogen) atoms. The highest BCUT2D eigenvalue weighted by Crippen LogP contribution is 2.33. The SMILES string of the molecule is CCCC1Nn2c(nnc2-c2ccc(OCC)cc2)S1. The monoisotopic (exact) mass is 290 g/mol. The Labute approximate surface area is 122 Å². The van der Waals surface area contributed by atoms with Gasteiger partial charge in [0.25, 0.3) is 0 Å². The van der Waals surface area contributed by atoms with Crippen LogP contribution in [0, 0.1) is 0 Å². The molecule has 1 aliphatic rings. The molecule has 0 fully saturated rings. The van der Waals surface area contributed by atoms with E-state index in [-0.39, 0.29) is 0 Å². The van der Waals surface area contributed by atoms with E-state index in [1.807, 2.05) is 35.9 Å². The summed E-state index contributed by atoms with van der Waals surface area (Å²) in [5.74, 6) is 1.73. The topological polar surface area (TPSA) is 52.0 Å². The summed E-state index contributed by atoms with van der Waals surface area (Å²) >= 11 is 1.74. The van der Waals surface area contributed by atoms with Gasteiger partial charge in [-0.25, -0.2) is 4.68 Å². The number of hydrogen-bond acceptors (Lipinski definition) is 5. The Morgan fingerprint density at radius 3 is 2.75 bits per heavy atom. The molecule has 0 saturated carbocycles. The molecule has 0 amide bonds. The lowest BCUT2D eigenvalue weighted by atomic mass is 10.2. The van der Waals surface area contributed by atoms with Crippen molar-refractivity contribution in [2.24, 2.45) is 0 Å². The van der Waals surface area contributed by atoms with Crippen molar-refractivity contribution in [3.8, 4) is 17.1 Å². The lowest BCUT2D eigenvalue weighted by Crippen LogP contribution is -2.19. The van der Waals surface area contributed by atoms with Gasteiger partial charge >= 0.3 is 0 Å². The van der Waals surface area contributed by atoms with Crippen molar-refractivity contribution in [2.75, 3.05) is 12.0 Å². The fourth-order valence-corrected chi connectivity index (χ4v) is 3.30. The average Bonchev–Trinajstić information content (AvgIpc) is 3.00. The minimum atomic E-state index is 0.395. The summed E-state index contributed by atoms with van der Waals surface area (Å²) in [5, 5.41) is 9.85. The standard InChI is InChI=1S/C14H18N4OS/c1-3-5-12-17-18-13(15-16-14(18)20-12)10-6-8-11(9-7-10)19-4-2/h6-9,12,17H,3-5H2,1-2H3. The Balaban J connectivity index is 1.82. The third-order valence-electron chi connectivity index (χ3n) is 3.13. The molecule has 0 bridgehead atoms. The molecule has 1 aliphatic heterocycles. The first-order valence-electron chi connectivity index (χ1n) is 6.93. The highest BCUT2D eigenvalue weighted by atomic mass is 32.2. The van der Waals surface area contributed by atoms with E-state index >= 15 is 0 Å². The summed E-state index contributed by atoms with van der Waals surface area (Å²) in [4.78, 5) is 0. The molecule has 1 N–H and O–H groups in total. The molecule has 0 saturated heterocycles. The first-order valence-corrected chi connectivity index (χ1v) is 7.81. The normalized spacial score (nSPS) is 16.8. The second-order valence-corrected chi connectivity index (χ2v) is 5.79. The molecule has 1 atom stereocenters. The minimum absolute atomic E-state index is 0.395. The van der Waals surface area contributed by atoms with Crippen LogP contribution in [0.15, 0.2) is 29.4 Å². The molecule has 2 aromatic rings. The van der Waals surface area contributed by atoms with Gasteiger partial charge in [-0.1, -0.05) is 25.1 Å². The highest BCUT2D eigenvalue weighted by Gasteiger charge is 2.26. The molecule has 1 aromatic heterocycles. The van der Waals surface area contributed by atoms with Crippen LogP contribution in [0.4, 0.5) is 0 Å². The molecule has 1 unspecified atom stereocenters. The molecule has 1 aromatic carbocycles. The van der Waals surface area contributed by atoms with E-state index in [1.165, 1.54) is 0 Å². The zero-order valence-electron chi connectivity index (χ0n) is 11.7. The summed E-state index contributed by atoms with van der Waals surface area (Å²) in [6.45, 7) is 4.85. The lowest BCUT2D eigenvalue weighted by molar-refractivity contribution is 0.340. The van der Waals surface area contributed by atoms with Crippen LogP contribution in [-0.4, -0.2) is 26.9 Å². The van der Waals surface area contributed by atoms with E-state index in [0.717, 1.165) is 35.1 Å². The predicted octanol–water partition coefficient (Wildman–Crippen LogP) is 3.12. The number of rotatable bonds is 5. The van der Waals surface area contributed by atoms with Crippen molar-refractivity contribution >= 4 is 11.8 Å². The van der Waals surface area contributed by atoms with E-state index in [9.17, 15) is 0 Å². The Morgan fingerprint density at radius 2 is 2.05 bits per heavy atom. The summed E-state index contributed by atoms with van der Waals surface area (Å²) < 4.78 is 7.44. The third-order valence-corrected chi connectivity index (χ3v) is 4.23. The number of fused-ring (bicyclic) bond motifs is 1. The van der Waals surface area contributed by atoms with E-state index in [4.69, 9.17) is 4.74 Å². The Kier molecular flexibility index (Phi) is 3.82. The van der Waals surface area contributed by atoms with Gasteiger partial charge < -0.3 is 10.2 Å². The van der Waals surface area contributed by atoms with Gasteiger partial charge in [0.15, 0.2) is 5.82 Å². The average molecular weight is 290 g/mol. The number of thioether (sulfide) groups is 1. The van der Waals surface area contributed by atoms with Crippen LogP contribution in [0.25, 0.3) is 11.4 Å². The molecule has 0 spiro atoms. The smallest absolute Gasteiger partial charge is 0.212 e. The van der Waals surface area contributed by atoms with E-state index in [2.05, 4.69) is 22.5 Å². The van der Waals surface area contributed by atoms with Crippen LogP contribution in [-0.2, 0) is 0 Å². The molecule has 3 rings (SSSR count). The summed E-state index contributed by atoms with van der Waals surface area (Å²) in [5.41, 5.74) is 4.48. The van der Waals surface area contributed by atoms with Gasteiger partial charge in [0.2, 0.25) is 5.16 Å². The van der Waals surface area contributed by atoms with Gasteiger partial charge in [-0.3, -0.25) is 0 Å². The van der Waals surface area contributed by atoms with Crippen LogP contribution >= 0.6 is 11.8 Å². The fourth-order valence-electron chi connectivity index (χ4n) is 2.20. The predicted molar refractivity (Wildman–Crippen MR) is 80.5 cm³/mol. The summed E-state index contributed by atoms with van der Waals surface area (Å²) in [7, 11) is 0. The van der Waals surface area contributed by atoms with Gasteiger partial charge in [0.1, 0.15) is 5.75 Å². The first-order chi connectivity index (χ1) is 9.81. The van der Waals surface area contributed by atoms with Crippen LogP contribution in [0.5, 0.6) is 5.75 Å². The van der Waals surface area contributed by atoms with Crippen LogP contribution in [0.1, 0.15) is 26.7 Å². The quantitative estimate of drug-likeness (QED) is 0.917. The molecule has 6 heteroatoms. The molecule has 5 nitrogen and oxygen atoms in total. The summed E-state index contributed by atoms with van der Waals surface area (Å²) in [6.07, 6.45) is 2.28. The van der Waals surface area contributed by atoms with Gasteiger partial charge in [0.05, 0.1) is 12.0 Å². The lowest BCUT2D eigenvalue weighted by Gasteiger charge is -2.10. The van der Waals surface area contributed by atoms with Crippen molar-refractivity contribution in [1.29, 1.82) is 0 Å². The molecular weight excluding hydrogens is 272 g/mol. The largest absolute Gasteiger partial charge is 0.494 e. The highest BCUT2D eigenvalue weighted by molar-refractivity contribution is 8.00. The van der Waals surface area contributed by atoms with Crippen molar-refractivity contribution in [3.05, 3.63) is 24.3 Å². The number of hydrogen-bond donors (Lipinski definition) is 1. The number of ether oxygens (including phenoxy) is 1.